The second-order valence-corrected chi connectivity index (χ2v) is 4.78. The van der Waals surface area contributed by atoms with E-state index in [1.807, 2.05) is 6.20 Å². The number of halogens is 4. The number of nitrogens with one attached hydrogen (secondary N) is 1. The maximum Gasteiger partial charge on any atom is 0.673 e. The monoisotopic (exact) mass is 293 g/mol. The molecule has 0 amide bonds. The van der Waals surface area contributed by atoms with Gasteiger partial charge in [-0.1, -0.05) is 45.4 Å². The van der Waals surface area contributed by atoms with Gasteiger partial charge in [0.2, 0.25) is 0 Å². The zero-order chi connectivity index (χ0) is 15.3. The average Bonchev–Trinajstić information content (AvgIpc) is 2.37. The molecule has 0 aliphatic rings. The molecule has 1 N–H and O–H groups in total. The molecular weight excluding hydrogens is 269 g/mol. The molecule has 1 aromatic rings. The largest absolute Gasteiger partial charge is 0.673 e. The number of pyridine rings is 1. The van der Waals surface area contributed by atoms with Crippen LogP contribution in [0.15, 0.2) is 24.5 Å². The van der Waals surface area contributed by atoms with Crippen LogP contribution in [0.2, 0.25) is 0 Å². The smallest absolute Gasteiger partial charge is 0.418 e. The van der Waals surface area contributed by atoms with Crippen LogP contribution in [-0.4, -0.2) is 7.25 Å². The summed E-state index contributed by atoms with van der Waals surface area (Å²) in [6.45, 7) is 2.27. The summed E-state index contributed by atoms with van der Waals surface area (Å²) < 4.78 is 39.0. The molecule has 0 aromatic carbocycles. The van der Waals surface area contributed by atoms with Crippen molar-refractivity contribution in [1.82, 2.24) is 0 Å². The Balaban J connectivity index is 0.000000621. The molecule has 0 aliphatic heterocycles. The predicted molar refractivity (Wildman–Crippen MR) is 74.9 cm³/mol. The summed E-state index contributed by atoms with van der Waals surface area (Å²) in [5.41, 5.74) is 1.44. The minimum Gasteiger partial charge on any atom is -0.418 e. The number of hydrogen-bond donors (Lipinski definition) is 0. The van der Waals surface area contributed by atoms with Crippen LogP contribution in [0.25, 0.3) is 0 Å². The van der Waals surface area contributed by atoms with Crippen molar-refractivity contribution in [2.45, 2.75) is 58.3 Å². The molecular formula is C14H24BF4N. The van der Waals surface area contributed by atoms with Crippen LogP contribution < -0.4 is 4.98 Å². The van der Waals surface area contributed by atoms with Crippen LogP contribution in [0.5, 0.6) is 0 Å². The first kappa shape index (κ1) is 18.9. The van der Waals surface area contributed by atoms with Crippen molar-refractivity contribution < 1.29 is 22.2 Å². The van der Waals surface area contributed by atoms with Gasteiger partial charge in [-0.25, -0.2) is 4.98 Å². The molecule has 0 spiro atoms. The lowest BCUT2D eigenvalue weighted by atomic mass is 10.1. The van der Waals surface area contributed by atoms with Gasteiger partial charge in [0.1, 0.15) is 0 Å². The minimum atomic E-state index is -6.00. The standard InChI is InChI=1S/C14H23N.BF4/c1-2-3-4-5-6-7-8-10-14-11-9-12-15-13-14;2-1(3,4)5/h9,11-13H,2-8,10H2,1H3;/q;-1/p+1. The summed E-state index contributed by atoms with van der Waals surface area (Å²) in [6, 6.07) is 4.28. The quantitative estimate of drug-likeness (QED) is 0.360. The van der Waals surface area contributed by atoms with E-state index in [1.165, 1.54) is 56.9 Å². The fraction of sp³-hybridized carbons (Fsp3) is 0.643. The lowest BCUT2D eigenvalue weighted by Gasteiger charge is -2.00. The molecule has 20 heavy (non-hydrogen) atoms. The number of aryl methyl sites for hydroxylation is 1. The molecule has 1 aromatic heterocycles. The van der Waals surface area contributed by atoms with Crippen molar-refractivity contribution in [3.63, 3.8) is 0 Å². The maximum absolute atomic E-state index is 9.75. The number of rotatable bonds is 8. The number of unbranched alkanes of at least 4 members (excludes halogenated alkanes) is 6. The van der Waals surface area contributed by atoms with Gasteiger partial charge < -0.3 is 17.3 Å². The molecule has 1 nitrogen and oxygen atoms in total. The summed E-state index contributed by atoms with van der Waals surface area (Å²) >= 11 is 0. The number of aromatic nitrogens is 1. The zero-order valence-electron chi connectivity index (χ0n) is 12.1. The highest BCUT2D eigenvalue weighted by Crippen LogP contribution is 2.09. The van der Waals surface area contributed by atoms with Crippen LogP contribution in [0.4, 0.5) is 17.3 Å². The molecule has 0 aliphatic carbocycles. The first-order valence-corrected chi connectivity index (χ1v) is 7.25. The molecule has 1 heterocycles. The van der Waals surface area contributed by atoms with Gasteiger partial charge >= 0.3 is 7.25 Å². The Hall–Kier alpha value is -1.07. The van der Waals surface area contributed by atoms with Gasteiger partial charge in [-0.3, -0.25) is 0 Å². The Labute approximate surface area is 118 Å². The highest BCUT2D eigenvalue weighted by Gasteiger charge is 2.20. The van der Waals surface area contributed by atoms with Crippen molar-refractivity contribution in [3.8, 4) is 0 Å². The predicted octanol–water partition coefficient (Wildman–Crippen LogP) is 5.09. The highest BCUT2D eigenvalue weighted by molar-refractivity contribution is 6.50. The Bertz CT molecular complexity index is 311. The average molecular weight is 293 g/mol. The first-order valence-electron chi connectivity index (χ1n) is 7.25. The van der Waals surface area contributed by atoms with E-state index in [4.69, 9.17) is 0 Å². The SMILES string of the molecule is CCCCCCCCCc1ccc[nH+]c1.F[B-](F)(F)F. The van der Waals surface area contributed by atoms with Crippen LogP contribution in [0.3, 0.4) is 0 Å². The molecule has 1 rings (SSSR count). The summed E-state index contributed by atoms with van der Waals surface area (Å²) in [5.74, 6) is 0. The number of hydrogen-bond acceptors (Lipinski definition) is 0. The molecule has 0 fully saturated rings. The fourth-order valence-corrected chi connectivity index (χ4v) is 1.87. The van der Waals surface area contributed by atoms with Gasteiger partial charge in [0, 0.05) is 11.6 Å². The normalized spacial score (nSPS) is 10.8. The van der Waals surface area contributed by atoms with Crippen molar-refractivity contribution in [2.75, 3.05) is 0 Å². The molecule has 0 atom stereocenters. The van der Waals surface area contributed by atoms with E-state index in [2.05, 4.69) is 30.2 Å². The lowest BCUT2D eigenvalue weighted by molar-refractivity contribution is -0.378. The van der Waals surface area contributed by atoms with Crippen LogP contribution >= 0.6 is 0 Å². The highest BCUT2D eigenvalue weighted by atomic mass is 19.5. The maximum atomic E-state index is 9.75. The van der Waals surface area contributed by atoms with Gasteiger partial charge in [0.15, 0.2) is 12.4 Å². The summed E-state index contributed by atoms with van der Waals surface area (Å²) in [4.78, 5) is 3.13. The summed E-state index contributed by atoms with van der Waals surface area (Å²) in [7, 11) is -6.00. The molecule has 0 saturated carbocycles. The lowest BCUT2D eigenvalue weighted by Crippen LogP contribution is -2.02. The van der Waals surface area contributed by atoms with E-state index < -0.39 is 7.25 Å². The number of H-pyrrole nitrogens is 1. The zero-order valence-corrected chi connectivity index (χ0v) is 12.1. The van der Waals surface area contributed by atoms with E-state index >= 15 is 0 Å². The van der Waals surface area contributed by atoms with E-state index in [0.29, 0.717) is 0 Å². The van der Waals surface area contributed by atoms with Gasteiger partial charge in [0.05, 0.1) is 0 Å². The summed E-state index contributed by atoms with van der Waals surface area (Å²) in [5, 5.41) is 0. The molecule has 116 valence electrons. The van der Waals surface area contributed by atoms with E-state index in [0.717, 1.165) is 0 Å². The second kappa shape index (κ2) is 11.7. The van der Waals surface area contributed by atoms with Gasteiger partial charge in [-0.15, -0.1) is 0 Å². The molecule has 0 unspecified atom stereocenters. The molecule has 0 saturated heterocycles. The van der Waals surface area contributed by atoms with Crippen molar-refractivity contribution in [1.29, 1.82) is 0 Å². The fourth-order valence-electron chi connectivity index (χ4n) is 1.87. The van der Waals surface area contributed by atoms with Gasteiger partial charge in [-0.05, 0) is 18.9 Å². The van der Waals surface area contributed by atoms with Crippen LogP contribution in [0, 0.1) is 0 Å². The van der Waals surface area contributed by atoms with Crippen LogP contribution in [0.1, 0.15) is 57.4 Å². The van der Waals surface area contributed by atoms with Crippen LogP contribution in [-0.2, 0) is 6.42 Å². The molecule has 0 bridgehead atoms. The third-order valence-electron chi connectivity index (χ3n) is 2.84. The first-order chi connectivity index (χ1) is 9.43. The van der Waals surface area contributed by atoms with E-state index in [9.17, 15) is 17.3 Å². The Kier molecular flexibility index (Phi) is 11.1. The van der Waals surface area contributed by atoms with E-state index in [-0.39, 0.29) is 0 Å². The third kappa shape index (κ3) is 16.9. The molecule has 6 heteroatoms. The van der Waals surface area contributed by atoms with Crippen molar-refractivity contribution in [3.05, 3.63) is 30.1 Å². The second-order valence-electron chi connectivity index (χ2n) is 4.78. The van der Waals surface area contributed by atoms with Crippen molar-refractivity contribution >= 4 is 7.25 Å². The minimum absolute atomic E-state index is 1.23. The van der Waals surface area contributed by atoms with Gasteiger partial charge in [0.25, 0.3) is 0 Å². The summed E-state index contributed by atoms with van der Waals surface area (Å²) in [6.07, 6.45) is 15.0. The topological polar surface area (TPSA) is 14.1 Å². The number of aromatic amines is 1. The van der Waals surface area contributed by atoms with Gasteiger partial charge in [-0.2, -0.15) is 0 Å². The Morgan fingerprint density at radius 1 is 0.950 bits per heavy atom. The molecule has 0 radical (unpaired) electrons. The van der Waals surface area contributed by atoms with E-state index in [1.54, 1.807) is 0 Å². The Morgan fingerprint density at radius 2 is 1.50 bits per heavy atom. The Morgan fingerprint density at radius 3 is 2.00 bits per heavy atom. The van der Waals surface area contributed by atoms with Crippen molar-refractivity contribution in [2.24, 2.45) is 0 Å². The third-order valence-corrected chi connectivity index (χ3v) is 2.84.